The summed E-state index contributed by atoms with van der Waals surface area (Å²) >= 11 is 0. The summed E-state index contributed by atoms with van der Waals surface area (Å²) in [4.78, 5) is 7.00. The van der Waals surface area contributed by atoms with E-state index in [1.807, 2.05) is 84.1 Å². The normalized spacial score (nSPS) is 11.9. The number of benzene rings is 3. The van der Waals surface area contributed by atoms with Crippen LogP contribution >= 0.6 is 0 Å². The zero-order valence-corrected chi connectivity index (χ0v) is 19.9. The Morgan fingerprint density at radius 3 is 2.06 bits per heavy atom. The van der Waals surface area contributed by atoms with Gasteiger partial charge in [0.05, 0.1) is 22.5 Å². The summed E-state index contributed by atoms with van der Waals surface area (Å²) in [5, 5.41) is 0. The van der Waals surface area contributed by atoms with E-state index in [-0.39, 0.29) is 0 Å². The monoisotopic (exact) mass is 483 g/mol. The van der Waals surface area contributed by atoms with Crippen LogP contribution < -0.4 is 4.90 Å². The summed E-state index contributed by atoms with van der Waals surface area (Å²) in [6, 6.07) is 29.0. The Bertz CT molecular complexity index is 1510. The van der Waals surface area contributed by atoms with Crippen LogP contribution in [0.5, 0.6) is 0 Å². The van der Waals surface area contributed by atoms with Gasteiger partial charge in [0.15, 0.2) is 0 Å². The number of pyridine rings is 1. The van der Waals surface area contributed by atoms with Crippen LogP contribution in [0.1, 0.15) is 16.8 Å². The quantitative estimate of drug-likeness (QED) is 0.253. The van der Waals surface area contributed by atoms with Gasteiger partial charge >= 0.3 is 6.18 Å². The van der Waals surface area contributed by atoms with Gasteiger partial charge < -0.3 is 4.90 Å². The smallest absolute Gasteiger partial charge is 0.378 e. The van der Waals surface area contributed by atoms with E-state index in [2.05, 4.69) is 24.3 Å². The van der Waals surface area contributed by atoms with Crippen molar-refractivity contribution in [3.63, 3.8) is 0 Å². The Balaban J connectivity index is 1.63. The van der Waals surface area contributed by atoms with Crippen molar-refractivity contribution in [3.05, 3.63) is 114 Å². The van der Waals surface area contributed by atoms with Crippen molar-refractivity contribution < 1.29 is 13.2 Å². The van der Waals surface area contributed by atoms with Crippen molar-refractivity contribution in [2.75, 3.05) is 19.0 Å². The Morgan fingerprint density at radius 1 is 0.722 bits per heavy atom. The molecular formula is C30H24F3N3. The highest BCUT2D eigenvalue weighted by Crippen LogP contribution is 2.33. The van der Waals surface area contributed by atoms with Crippen LogP contribution in [-0.2, 0) is 6.18 Å². The van der Waals surface area contributed by atoms with Crippen molar-refractivity contribution >= 4 is 23.4 Å². The molecule has 0 aliphatic rings. The lowest BCUT2D eigenvalue weighted by molar-refractivity contribution is -0.137. The summed E-state index contributed by atoms with van der Waals surface area (Å²) in [6.07, 6.45) is -0.387. The molecule has 0 saturated heterocycles. The number of alkyl halides is 3. The minimum Gasteiger partial charge on any atom is -0.378 e. The first-order chi connectivity index (χ1) is 17.3. The number of hydrogen-bond donors (Lipinski definition) is 0. The van der Waals surface area contributed by atoms with Gasteiger partial charge in [-0.2, -0.15) is 13.2 Å². The highest BCUT2D eigenvalue weighted by Gasteiger charge is 2.30. The van der Waals surface area contributed by atoms with Crippen molar-refractivity contribution in [3.8, 4) is 22.6 Å². The predicted octanol–water partition coefficient (Wildman–Crippen LogP) is 7.92. The average molecular weight is 484 g/mol. The fourth-order valence-corrected chi connectivity index (χ4v) is 4.18. The molecular weight excluding hydrogens is 459 g/mol. The molecule has 2 aromatic heterocycles. The molecule has 0 radical (unpaired) electrons. The number of fused-ring (bicyclic) bond motifs is 1. The zero-order valence-electron chi connectivity index (χ0n) is 19.9. The fourth-order valence-electron chi connectivity index (χ4n) is 4.18. The summed E-state index contributed by atoms with van der Waals surface area (Å²) < 4.78 is 41.4. The maximum atomic E-state index is 13.1. The van der Waals surface area contributed by atoms with Crippen LogP contribution in [0, 0.1) is 0 Å². The SMILES string of the molecule is CN(C)c1ccc(/C=C/c2nc(-c3ccccc3)n3c(-c4ccc(C(F)(F)F)cc4)cccc23)cc1. The number of hydrogen-bond acceptors (Lipinski definition) is 2. The van der Waals surface area contributed by atoms with Crippen LogP contribution in [0.4, 0.5) is 18.9 Å². The lowest BCUT2D eigenvalue weighted by atomic mass is 10.1. The van der Waals surface area contributed by atoms with Gasteiger partial charge in [0.25, 0.3) is 0 Å². The molecule has 0 atom stereocenters. The Kier molecular flexibility index (Phi) is 6.10. The number of halogens is 3. The third-order valence-corrected chi connectivity index (χ3v) is 6.07. The molecule has 0 N–H and O–H groups in total. The number of nitrogens with zero attached hydrogens (tertiary/aromatic N) is 3. The van der Waals surface area contributed by atoms with E-state index in [4.69, 9.17) is 4.98 Å². The zero-order chi connectivity index (χ0) is 25.3. The molecule has 0 aliphatic heterocycles. The third-order valence-electron chi connectivity index (χ3n) is 6.07. The maximum Gasteiger partial charge on any atom is 0.416 e. The lowest BCUT2D eigenvalue weighted by Crippen LogP contribution is -2.07. The van der Waals surface area contributed by atoms with Crippen LogP contribution in [0.2, 0.25) is 0 Å². The first kappa shape index (κ1) is 23.4. The van der Waals surface area contributed by atoms with Gasteiger partial charge in [-0.15, -0.1) is 0 Å². The van der Waals surface area contributed by atoms with Gasteiger partial charge in [-0.1, -0.05) is 66.7 Å². The van der Waals surface area contributed by atoms with Crippen LogP contribution in [-0.4, -0.2) is 23.5 Å². The van der Waals surface area contributed by atoms with E-state index >= 15 is 0 Å². The van der Waals surface area contributed by atoms with Crippen LogP contribution in [0.15, 0.2) is 97.1 Å². The molecule has 0 aliphatic carbocycles. The van der Waals surface area contributed by atoms with Gasteiger partial charge in [0.2, 0.25) is 0 Å². The second-order valence-electron chi connectivity index (χ2n) is 8.71. The van der Waals surface area contributed by atoms with Crippen molar-refractivity contribution in [2.24, 2.45) is 0 Å². The summed E-state index contributed by atoms with van der Waals surface area (Å²) in [5.41, 5.74) is 5.50. The maximum absolute atomic E-state index is 13.1. The lowest BCUT2D eigenvalue weighted by Gasteiger charge is -2.11. The van der Waals surface area contributed by atoms with Crippen molar-refractivity contribution in [2.45, 2.75) is 6.18 Å². The molecule has 0 fully saturated rings. The molecule has 0 amide bonds. The summed E-state index contributed by atoms with van der Waals surface area (Å²) in [7, 11) is 4.00. The largest absolute Gasteiger partial charge is 0.416 e. The third kappa shape index (κ3) is 4.62. The molecule has 3 aromatic carbocycles. The Morgan fingerprint density at radius 2 is 1.42 bits per heavy atom. The fraction of sp³-hybridized carbons (Fsp3) is 0.100. The molecule has 5 aromatic rings. The van der Waals surface area contributed by atoms with E-state index < -0.39 is 11.7 Å². The van der Waals surface area contributed by atoms with E-state index in [1.165, 1.54) is 12.1 Å². The minimum atomic E-state index is -4.38. The molecule has 0 bridgehead atoms. The average Bonchev–Trinajstić information content (AvgIpc) is 3.27. The highest BCUT2D eigenvalue weighted by atomic mass is 19.4. The molecule has 5 rings (SSSR count). The van der Waals surface area contributed by atoms with Crippen molar-refractivity contribution in [1.82, 2.24) is 9.38 Å². The van der Waals surface area contributed by atoms with Gasteiger partial charge in [-0.05, 0) is 53.6 Å². The second kappa shape index (κ2) is 9.38. The molecule has 3 nitrogen and oxygen atoms in total. The van der Waals surface area contributed by atoms with Gasteiger partial charge in [-0.25, -0.2) is 4.98 Å². The van der Waals surface area contributed by atoms with Crippen molar-refractivity contribution in [1.29, 1.82) is 0 Å². The first-order valence-corrected chi connectivity index (χ1v) is 11.5. The van der Waals surface area contributed by atoms with E-state index in [9.17, 15) is 13.2 Å². The highest BCUT2D eigenvalue weighted by molar-refractivity contribution is 5.82. The van der Waals surface area contributed by atoms with Gasteiger partial charge in [0.1, 0.15) is 5.82 Å². The Hall–Kier alpha value is -4.32. The van der Waals surface area contributed by atoms with E-state index in [0.717, 1.165) is 51.7 Å². The summed E-state index contributed by atoms with van der Waals surface area (Å²) in [5.74, 6) is 0.726. The minimum absolute atomic E-state index is 0.670. The second-order valence-corrected chi connectivity index (χ2v) is 8.71. The molecule has 180 valence electrons. The first-order valence-electron chi connectivity index (χ1n) is 11.5. The molecule has 2 heterocycles. The van der Waals surface area contributed by atoms with E-state index in [1.54, 1.807) is 0 Å². The number of anilines is 1. The topological polar surface area (TPSA) is 20.5 Å². The van der Waals surface area contributed by atoms with Crippen LogP contribution in [0.25, 0.3) is 40.3 Å². The van der Waals surface area contributed by atoms with Gasteiger partial charge in [-0.3, -0.25) is 4.40 Å². The summed E-state index contributed by atoms with van der Waals surface area (Å²) in [6.45, 7) is 0. The number of imidazole rings is 1. The molecule has 0 unspecified atom stereocenters. The Labute approximate surface area is 207 Å². The predicted molar refractivity (Wildman–Crippen MR) is 141 cm³/mol. The molecule has 36 heavy (non-hydrogen) atoms. The molecule has 6 heteroatoms. The van der Waals surface area contributed by atoms with E-state index in [0.29, 0.717) is 5.56 Å². The number of rotatable bonds is 5. The van der Waals surface area contributed by atoms with Gasteiger partial charge in [0, 0.05) is 25.3 Å². The standard InChI is InChI=1S/C30H24F3N3/c1-35(2)25-18-11-21(12-19-25)13-20-26-28-10-6-9-27(22-14-16-24(17-15-22)30(31,32)33)36(28)29(34-26)23-7-4-3-5-8-23/h3-20H,1-2H3/b20-13+. The molecule has 0 saturated carbocycles. The number of aromatic nitrogens is 2. The van der Waals surface area contributed by atoms with Crippen LogP contribution in [0.3, 0.4) is 0 Å². The molecule has 0 spiro atoms.